The van der Waals surface area contributed by atoms with Crippen molar-refractivity contribution in [3.8, 4) is 0 Å². The monoisotopic (exact) mass is 524 g/mol. The van der Waals surface area contributed by atoms with Crippen LogP contribution in [0.25, 0.3) is 0 Å². The average molecular weight is 524 g/mol. The Bertz CT molecular complexity index is 1410. The third-order valence-electron chi connectivity index (χ3n) is 4.24. The van der Waals surface area contributed by atoms with Gasteiger partial charge in [-0.1, -0.05) is 6.08 Å². The second-order valence-corrected chi connectivity index (χ2v) is 9.29. The molecule has 4 N–H and O–H groups in total. The van der Waals surface area contributed by atoms with Crippen LogP contribution in [0.1, 0.15) is 6.92 Å². The van der Waals surface area contributed by atoms with Crippen molar-refractivity contribution in [1.82, 2.24) is 5.43 Å². The van der Waals surface area contributed by atoms with Gasteiger partial charge in [0.25, 0.3) is 0 Å². The van der Waals surface area contributed by atoms with Crippen molar-refractivity contribution in [1.29, 1.82) is 5.41 Å². The van der Waals surface area contributed by atoms with Gasteiger partial charge in [-0.25, -0.2) is 16.8 Å². The summed E-state index contributed by atoms with van der Waals surface area (Å²) in [5, 5.41) is 10.4. The maximum absolute atomic E-state index is 12.5. The smallest absolute Gasteiger partial charge is 0.744 e. The van der Waals surface area contributed by atoms with Crippen LogP contribution in [0, 0.1) is 5.41 Å². The second kappa shape index (κ2) is 11.4. The summed E-state index contributed by atoms with van der Waals surface area (Å²) < 4.78 is 68.7. The molecule has 12 nitrogen and oxygen atoms in total. The first-order valence-corrected chi connectivity index (χ1v) is 11.4. The first-order valence-electron chi connectivity index (χ1n) is 8.62. The van der Waals surface area contributed by atoms with Crippen molar-refractivity contribution < 1.29 is 94.6 Å². The van der Waals surface area contributed by atoms with Crippen LogP contribution < -0.4 is 75.3 Å². The van der Waals surface area contributed by atoms with Crippen molar-refractivity contribution in [2.45, 2.75) is 11.8 Å². The Morgan fingerprint density at radius 3 is 2.18 bits per heavy atom. The zero-order valence-electron chi connectivity index (χ0n) is 18.1. The van der Waals surface area contributed by atoms with Gasteiger partial charge in [0.05, 0.1) is 32.5 Å². The topological polar surface area (TPSA) is 208 Å². The molecule has 0 saturated carbocycles. The van der Waals surface area contributed by atoms with E-state index >= 15 is 0 Å². The molecule has 0 radical (unpaired) electrons. The summed E-state index contributed by atoms with van der Waals surface area (Å²) in [4.78, 5) is 22.2. The first-order chi connectivity index (χ1) is 14.8. The van der Waals surface area contributed by atoms with Gasteiger partial charge in [-0.05, 0) is 35.9 Å². The van der Waals surface area contributed by atoms with Gasteiger partial charge in [0.1, 0.15) is 20.2 Å². The van der Waals surface area contributed by atoms with Crippen LogP contribution in [-0.4, -0.2) is 43.3 Å². The number of rotatable bonds is 6. The standard InChI is InChI=1S/C18H16N4O8S2.2Na/c1-9(23)20-11-3-5-14(16(7-11)32(28,29)30)21-22-18-13(19)4-2-10-6-12(31(25,26)27)8-15(24)17(10)18;;/h2-8,19,21-22H,1H3,(H,20,23)(H,25,26,27)(H,28,29,30);;/q;2*+1/p-2. The molecule has 0 heterocycles. The third kappa shape index (κ3) is 6.97. The Balaban J connectivity index is 0.00000289. The largest absolute Gasteiger partial charge is 1.00 e. The number of carbonyl (C=O) groups is 2. The quantitative estimate of drug-likeness (QED) is 0.157. The van der Waals surface area contributed by atoms with Crippen LogP contribution in [0.2, 0.25) is 0 Å². The minimum absolute atomic E-state index is 0. The molecule has 1 amide bonds. The fraction of sp³-hybridized carbons (Fsp3) is 0.0556. The zero-order chi connectivity index (χ0) is 23.8. The van der Waals surface area contributed by atoms with E-state index in [0.29, 0.717) is 6.08 Å². The van der Waals surface area contributed by atoms with Gasteiger partial charge in [0.15, 0.2) is 5.78 Å². The van der Waals surface area contributed by atoms with Gasteiger partial charge in [0, 0.05) is 18.7 Å². The Morgan fingerprint density at radius 2 is 1.62 bits per heavy atom. The fourth-order valence-corrected chi connectivity index (χ4v) is 4.10. The molecule has 16 heteroatoms. The summed E-state index contributed by atoms with van der Waals surface area (Å²) in [7, 11) is -9.89. The van der Waals surface area contributed by atoms with Crippen LogP contribution >= 0.6 is 0 Å². The molecule has 0 aromatic heterocycles. The molecular weight excluding hydrogens is 510 g/mol. The minimum Gasteiger partial charge on any atom is -0.744 e. The number of hydrogen-bond donors (Lipinski definition) is 4. The summed E-state index contributed by atoms with van der Waals surface area (Å²) in [6.07, 6.45) is 4.08. The molecule has 0 saturated heterocycles. The van der Waals surface area contributed by atoms with E-state index in [1.807, 2.05) is 0 Å². The fourth-order valence-electron chi connectivity index (χ4n) is 2.92. The third-order valence-corrected chi connectivity index (χ3v) is 5.93. The zero-order valence-corrected chi connectivity index (χ0v) is 23.8. The summed E-state index contributed by atoms with van der Waals surface area (Å²) >= 11 is 0. The maximum Gasteiger partial charge on any atom is 1.00 e. The average Bonchev–Trinajstić information content (AvgIpc) is 2.66. The predicted octanol–water partition coefficient (Wildman–Crippen LogP) is -5.74. The summed E-state index contributed by atoms with van der Waals surface area (Å²) in [6.45, 7) is 1.19. The van der Waals surface area contributed by atoms with Crippen LogP contribution in [-0.2, 0) is 29.8 Å². The Kier molecular flexibility index (Phi) is 10.2. The number of allylic oxidation sites excluding steroid dienone is 6. The second-order valence-electron chi connectivity index (χ2n) is 6.56. The molecule has 0 fully saturated rings. The van der Waals surface area contributed by atoms with Crippen LogP contribution in [0.15, 0.2) is 69.1 Å². The van der Waals surface area contributed by atoms with E-state index in [1.54, 1.807) is 0 Å². The van der Waals surface area contributed by atoms with E-state index in [9.17, 15) is 35.5 Å². The van der Waals surface area contributed by atoms with Crippen molar-refractivity contribution in [2.24, 2.45) is 0 Å². The van der Waals surface area contributed by atoms with Crippen LogP contribution in [0.3, 0.4) is 0 Å². The SMILES string of the molecule is CC(=O)Nc1ccc(NNC2=C3C(=O)C=C(S(=O)(=O)[O-])C=C3C=CC2=N)c(S(=O)(=O)[O-])c1.[Na+].[Na+]. The number of ketones is 1. The Morgan fingerprint density at radius 1 is 0.971 bits per heavy atom. The number of fused-ring (bicyclic) bond motifs is 1. The van der Waals surface area contributed by atoms with Gasteiger partial charge in [-0.3, -0.25) is 25.8 Å². The van der Waals surface area contributed by atoms with Gasteiger partial charge < -0.3 is 14.4 Å². The van der Waals surface area contributed by atoms with Gasteiger partial charge >= 0.3 is 59.1 Å². The molecule has 1 aromatic carbocycles. The molecule has 0 spiro atoms. The van der Waals surface area contributed by atoms with Crippen LogP contribution in [0.5, 0.6) is 0 Å². The number of amides is 1. The van der Waals surface area contributed by atoms with Gasteiger partial charge in [-0.2, -0.15) is 0 Å². The molecule has 168 valence electrons. The van der Waals surface area contributed by atoms with E-state index in [4.69, 9.17) is 5.41 Å². The number of nitrogens with one attached hydrogen (secondary N) is 4. The number of anilines is 2. The summed E-state index contributed by atoms with van der Waals surface area (Å²) in [6, 6.07) is 3.43. The molecule has 0 bridgehead atoms. The van der Waals surface area contributed by atoms with Crippen molar-refractivity contribution >= 4 is 49.0 Å². The van der Waals surface area contributed by atoms with Gasteiger partial charge in [0.2, 0.25) is 5.91 Å². The normalized spacial score (nSPS) is 15.3. The number of benzene rings is 1. The molecule has 34 heavy (non-hydrogen) atoms. The minimum atomic E-state index is -4.99. The van der Waals surface area contributed by atoms with Crippen molar-refractivity contribution in [2.75, 3.05) is 10.7 Å². The van der Waals surface area contributed by atoms with E-state index < -0.39 is 41.7 Å². The molecule has 2 aliphatic rings. The van der Waals surface area contributed by atoms with E-state index in [1.165, 1.54) is 31.2 Å². The predicted molar refractivity (Wildman–Crippen MR) is 110 cm³/mol. The van der Waals surface area contributed by atoms with Crippen LogP contribution in [0.4, 0.5) is 11.4 Å². The first kappa shape index (κ1) is 30.4. The number of carbonyl (C=O) groups excluding carboxylic acids is 2. The van der Waals surface area contributed by atoms with E-state index in [0.717, 1.165) is 12.1 Å². The molecule has 3 rings (SSSR count). The molecule has 0 atom stereocenters. The van der Waals surface area contributed by atoms with Crippen molar-refractivity contribution in [3.05, 3.63) is 64.3 Å². The number of hydrazine groups is 1. The molecule has 0 aliphatic heterocycles. The maximum atomic E-state index is 12.5. The Labute approximate surface area is 239 Å². The Hall–Kier alpha value is -1.59. The molecule has 1 aromatic rings. The van der Waals surface area contributed by atoms with Crippen molar-refractivity contribution in [3.63, 3.8) is 0 Å². The summed E-state index contributed by atoms with van der Waals surface area (Å²) in [5.74, 6) is -1.36. The number of hydrogen-bond acceptors (Lipinski definition) is 11. The molecule has 2 aliphatic carbocycles. The molecular formula is C18H14N4Na2O8S2. The van der Waals surface area contributed by atoms with E-state index in [2.05, 4.69) is 16.2 Å². The van der Waals surface area contributed by atoms with Gasteiger partial charge in [-0.15, -0.1) is 0 Å². The molecule has 0 unspecified atom stereocenters. The summed E-state index contributed by atoms with van der Waals surface area (Å²) in [5.41, 5.74) is 4.28. The van der Waals surface area contributed by atoms with E-state index in [-0.39, 0.29) is 93.0 Å².